The molecule has 0 atom stereocenters. The number of carbonyl (C=O) groups excluding carboxylic acids is 1. The Bertz CT molecular complexity index is 930. The van der Waals surface area contributed by atoms with E-state index in [0.29, 0.717) is 13.0 Å². The van der Waals surface area contributed by atoms with Crippen molar-refractivity contribution in [3.05, 3.63) is 57.7 Å². The van der Waals surface area contributed by atoms with Crippen molar-refractivity contribution in [2.45, 2.75) is 33.8 Å². The van der Waals surface area contributed by atoms with Crippen LogP contribution in [0.4, 0.5) is 0 Å². The summed E-state index contributed by atoms with van der Waals surface area (Å²) in [6.45, 7) is 6.52. The molecule has 0 N–H and O–H groups in total. The van der Waals surface area contributed by atoms with Gasteiger partial charge in [0, 0.05) is 21.7 Å². The van der Waals surface area contributed by atoms with Crippen molar-refractivity contribution in [1.82, 2.24) is 4.98 Å². The topological polar surface area (TPSA) is 48.4 Å². The number of methoxy groups -OCH3 is 1. The highest BCUT2D eigenvalue weighted by Crippen LogP contribution is 2.33. The molecule has 3 rings (SSSR count). The predicted molar refractivity (Wildman–Crippen MR) is 100 cm³/mol. The number of pyridine rings is 1. The Morgan fingerprint density at radius 1 is 1.16 bits per heavy atom. The molecule has 0 aliphatic rings. The zero-order chi connectivity index (χ0) is 18.0. The highest BCUT2D eigenvalue weighted by atomic mass is 32.1. The molecule has 0 amide bonds. The molecule has 3 aromatic rings. The zero-order valence-electron chi connectivity index (χ0n) is 14.9. The van der Waals surface area contributed by atoms with Gasteiger partial charge in [-0.2, -0.15) is 0 Å². The van der Waals surface area contributed by atoms with E-state index in [2.05, 4.69) is 11.1 Å². The average Bonchev–Trinajstić information content (AvgIpc) is 2.97. The Hall–Kier alpha value is -2.40. The number of benzene rings is 1. The average molecular weight is 355 g/mol. The van der Waals surface area contributed by atoms with E-state index in [0.717, 1.165) is 43.9 Å². The number of hydrogen-bond acceptors (Lipinski definition) is 5. The fourth-order valence-corrected chi connectivity index (χ4v) is 3.96. The van der Waals surface area contributed by atoms with Gasteiger partial charge in [-0.3, -0.25) is 9.78 Å². The quantitative estimate of drug-likeness (QED) is 0.632. The molecule has 0 unspecified atom stereocenters. The summed E-state index contributed by atoms with van der Waals surface area (Å²) in [6, 6.07) is 8.11. The Kier molecular flexibility index (Phi) is 5.04. The third-order valence-corrected chi connectivity index (χ3v) is 5.19. The summed E-state index contributed by atoms with van der Waals surface area (Å²) >= 11 is 1.62. The standard InChI is InChI=1S/C20H21NO3S/c1-12-7-17(24-10-15-6-5-13(2)21-14(15)3)9-18-20(12)16(11-25-18)8-19(22)23-4/h5-7,9,11H,8,10H2,1-4H3. The van der Waals surface area contributed by atoms with Crippen LogP contribution >= 0.6 is 11.3 Å². The molecule has 2 heterocycles. The van der Waals surface area contributed by atoms with E-state index < -0.39 is 0 Å². The Balaban J connectivity index is 1.82. The van der Waals surface area contributed by atoms with E-state index in [1.54, 1.807) is 11.3 Å². The highest BCUT2D eigenvalue weighted by molar-refractivity contribution is 7.17. The van der Waals surface area contributed by atoms with Gasteiger partial charge in [-0.1, -0.05) is 6.07 Å². The second-order valence-electron chi connectivity index (χ2n) is 6.11. The summed E-state index contributed by atoms with van der Waals surface area (Å²) in [4.78, 5) is 16.0. The van der Waals surface area contributed by atoms with E-state index in [-0.39, 0.29) is 5.97 Å². The lowest BCUT2D eigenvalue weighted by Crippen LogP contribution is -2.04. The fourth-order valence-electron chi connectivity index (χ4n) is 2.89. The van der Waals surface area contributed by atoms with E-state index >= 15 is 0 Å². The Morgan fingerprint density at radius 2 is 1.96 bits per heavy atom. The SMILES string of the molecule is COC(=O)Cc1csc2cc(OCc3ccc(C)nc3C)cc(C)c12. The van der Waals surface area contributed by atoms with Gasteiger partial charge < -0.3 is 9.47 Å². The van der Waals surface area contributed by atoms with Crippen LogP contribution < -0.4 is 4.74 Å². The molecule has 0 aliphatic carbocycles. The lowest BCUT2D eigenvalue weighted by atomic mass is 10.1. The number of thiophene rings is 1. The van der Waals surface area contributed by atoms with Gasteiger partial charge >= 0.3 is 5.97 Å². The zero-order valence-corrected chi connectivity index (χ0v) is 15.7. The minimum Gasteiger partial charge on any atom is -0.489 e. The largest absolute Gasteiger partial charge is 0.489 e. The number of nitrogens with zero attached hydrogens (tertiary/aromatic N) is 1. The molecular formula is C20H21NO3S. The number of aryl methyl sites for hydroxylation is 3. The molecule has 1 aromatic carbocycles. The summed E-state index contributed by atoms with van der Waals surface area (Å²) < 4.78 is 11.9. The van der Waals surface area contributed by atoms with Gasteiger partial charge in [-0.05, 0) is 60.9 Å². The second-order valence-corrected chi connectivity index (χ2v) is 7.02. The number of hydrogen-bond donors (Lipinski definition) is 0. The molecule has 0 bridgehead atoms. The first kappa shape index (κ1) is 17.4. The summed E-state index contributed by atoms with van der Waals surface area (Å²) in [6.07, 6.45) is 0.297. The van der Waals surface area contributed by atoms with Crippen LogP contribution in [-0.2, 0) is 22.6 Å². The van der Waals surface area contributed by atoms with Crippen molar-refractivity contribution in [3.63, 3.8) is 0 Å². The minimum atomic E-state index is -0.221. The predicted octanol–water partition coefficient (Wildman–Crippen LogP) is 4.52. The maximum atomic E-state index is 11.6. The smallest absolute Gasteiger partial charge is 0.310 e. The van der Waals surface area contributed by atoms with Crippen molar-refractivity contribution in [3.8, 4) is 5.75 Å². The van der Waals surface area contributed by atoms with Gasteiger partial charge in [0.25, 0.3) is 0 Å². The summed E-state index contributed by atoms with van der Waals surface area (Å²) in [5.41, 5.74) is 5.20. The van der Waals surface area contributed by atoms with Crippen LogP contribution in [0.5, 0.6) is 5.75 Å². The van der Waals surface area contributed by atoms with Gasteiger partial charge in [0.2, 0.25) is 0 Å². The molecule has 2 aromatic heterocycles. The fraction of sp³-hybridized carbons (Fsp3) is 0.300. The van der Waals surface area contributed by atoms with Crippen LogP contribution in [0, 0.1) is 20.8 Å². The number of rotatable bonds is 5. The molecule has 0 saturated heterocycles. The first-order chi connectivity index (χ1) is 12.0. The molecule has 0 fully saturated rings. The summed E-state index contributed by atoms with van der Waals surface area (Å²) in [5.74, 6) is 0.609. The number of aromatic nitrogens is 1. The van der Waals surface area contributed by atoms with Crippen molar-refractivity contribution in [1.29, 1.82) is 0 Å². The summed E-state index contributed by atoms with van der Waals surface area (Å²) in [7, 11) is 1.41. The third-order valence-electron chi connectivity index (χ3n) is 4.21. The Labute approximate surface area is 151 Å². The minimum absolute atomic E-state index is 0.221. The second kappa shape index (κ2) is 7.23. The number of fused-ring (bicyclic) bond motifs is 1. The molecule has 25 heavy (non-hydrogen) atoms. The monoisotopic (exact) mass is 355 g/mol. The number of carbonyl (C=O) groups is 1. The number of esters is 1. The molecule has 4 nitrogen and oxygen atoms in total. The molecule has 0 saturated carbocycles. The van der Waals surface area contributed by atoms with Crippen LogP contribution in [0.15, 0.2) is 29.6 Å². The van der Waals surface area contributed by atoms with E-state index in [4.69, 9.17) is 9.47 Å². The van der Waals surface area contributed by atoms with Gasteiger partial charge in [-0.15, -0.1) is 11.3 Å². The van der Waals surface area contributed by atoms with Crippen molar-refractivity contribution < 1.29 is 14.3 Å². The van der Waals surface area contributed by atoms with Crippen LogP contribution in [0.1, 0.15) is 28.1 Å². The van der Waals surface area contributed by atoms with Gasteiger partial charge in [0.1, 0.15) is 12.4 Å². The van der Waals surface area contributed by atoms with Crippen LogP contribution in [0.25, 0.3) is 10.1 Å². The molecule has 0 aliphatic heterocycles. The Morgan fingerprint density at radius 3 is 2.68 bits per heavy atom. The van der Waals surface area contributed by atoms with E-state index in [1.807, 2.05) is 44.4 Å². The van der Waals surface area contributed by atoms with Crippen molar-refractivity contribution in [2.75, 3.05) is 7.11 Å². The highest BCUT2D eigenvalue weighted by Gasteiger charge is 2.13. The molecule has 0 radical (unpaired) electrons. The lowest BCUT2D eigenvalue weighted by molar-refractivity contribution is -0.139. The normalized spacial score (nSPS) is 10.9. The molecule has 130 valence electrons. The van der Waals surface area contributed by atoms with E-state index in [9.17, 15) is 4.79 Å². The van der Waals surface area contributed by atoms with Gasteiger partial charge in [-0.25, -0.2) is 0 Å². The van der Waals surface area contributed by atoms with Gasteiger partial charge in [0.05, 0.1) is 13.5 Å². The third kappa shape index (κ3) is 3.82. The number of ether oxygens (including phenoxy) is 2. The van der Waals surface area contributed by atoms with E-state index in [1.165, 1.54) is 7.11 Å². The van der Waals surface area contributed by atoms with Crippen molar-refractivity contribution >= 4 is 27.4 Å². The summed E-state index contributed by atoms with van der Waals surface area (Å²) in [5, 5.41) is 3.14. The maximum absolute atomic E-state index is 11.6. The molecule has 0 spiro atoms. The van der Waals surface area contributed by atoms with Crippen LogP contribution in [0.2, 0.25) is 0 Å². The van der Waals surface area contributed by atoms with Gasteiger partial charge in [0.15, 0.2) is 0 Å². The molecular weight excluding hydrogens is 334 g/mol. The molecule has 5 heteroatoms. The van der Waals surface area contributed by atoms with Crippen LogP contribution in [-0.4, -0.2) is 18.1 Å². The lowest BCUT2D eigenvalue weighted by Gasteiger charge is -2.10. The van der Waals surface area contributed by atoms with Crippen LogP contribution in [0.3, 0.4) is 0 Å². The first-order valence-electron chi connectivity index (χ1n) is 8.11. The first-order valence-corrected chi connectivity index (χ1v) is 8.99. The van der Waals surface area contributed by atoms with Crippen molar-refractivity contribution in [2.24, 2.45) is 0 Å². The maximum Gasteiger partial charge on any atom is 0.310 e.